The Kier molecular flexibility index (Phi) is 4.17. The maximum atomic E-state index is 13.3. The van der Waals surface area contributed by atoms with Crippen LogP contribution in [0.25, 0.3) is 38.4 Å². The van der Waals surface area contributed by atoms with Crippen LogP contribution in [-0.4, -0.2) is 26.2 Å². The van der Waals surface area contributed by atoms with E-state index in [0.717, 1.165) is 21.0 Å². The molecule has 0 saturated heterocycles. The summed E-state index contributed by atoms with van der Waals surface area (Å²) in [5, 5.41) is 12.2. The van der Waals surface area contributed by atoms with Gasteiger partial charge in [-0.05, 0) is 30.3 Å². The number of hydrogen-bond donors (Lipinski definition) is 1. The van der Waals surface area contributed by atoms with Gasteiger partial charge in [0.1, 0.15) is 11.3 Å². The molecule has 0 unspecified atom stereocenters. The van der Waals surface area contributed by atoms with E-state index < -0.39 is 28.8 Å². The standard InChI is InChI=1S/C24H15F3N2O3/c1-28-17-10-6-5-9-14(17)15-11-16-19(12-18(15)28)29(13-7-3-2-4-8-13)23(32)20(21(16)30)22(31)24(25,26)27/h2-12,30H,1H3. The van der Waals surface area contributed by atoms with Crippen molar-refractivity contribution in [1.29, 1.82) is 0 Å². The second-order valence-corrected chi connectivity index (χ2v) is 7.49. The number of alkyl halides is 3. The van der Waals surface area contributed by atoms with Crippen molar-refractivity contribution in [3.63, 3.8) is 0 Å². The van der Waals surface area contributed by atoms with Gasteiger partial charge in [-0.15, -0.1) is 0 Å². The van der Waals surface area contributed by atoms with Gasteiger partial charge < -0.3 is 9.67 Å². The summed E-state index contributed by atoms with van der Waals surface area (Å²) in [5.74, 6) is -3.36. The van der Waals surface area contributed by atoms with E-state index in [1.165, 1.54) is 6.07 Å². The molecule has 5 rings (SSSR count). The van der Waals surface area contributed by atoms with Crippen LogP contribution in [0.5, 0.6) is 5.75 Å². The van der Waals surface area contributed by atoms with Crippen molar-refractivity contribution in [2.75, 3.05) is 0 Å². The number of para-hydroxylation sites is 2. The van der Waals surface area contributed by atoms with Crippen molar-refractivity contribution in [2.45, 2.75) is 6.18 Å². The smallest absolute Gasteiger partial charge is 0.455 e. The molecule has 32 heavy (non-hydrogen) atoms. The molecule has 0 aliphatic carbocycles. The Balaban J connectivity index is 2.03. The maximum absolute atomic E-state index is 13.3. The molecule has 0 atom stereocenters. The quantitative estimate of drug-likeness (QED) is 0.392. The summed E-state index contributed by atoms with van der Waals surface area (Å²) in [7, 11) is 1.84. The second kappa shape index (κ2) is 6.71. The van der Waals surface area contributed by atoms with Crippen molar-refractivity contribution in [1.82, 2.24) is 9.13 Å². The minimum atomic E-state index is -5.32. The number of fused-ring (bicyclic) bond motifs is 4. The number of benzene rings is 3. The fourth-order valence-electron chi connectivity index (χ4n) is 4.21. The molecule has 5 nitrogen and oxygen atoms in total. The van der Waals surface area contributed by atoms with E-state index in [4.69, 9.17) is 0 Å². The monoisotopic (exact) mass is 436 g/mol. The van der Waals surface area contributed by atoms with Crippen LogP contribution >= 0.6 is 0 Å². The zero-order valence-electron chi connectivity index (χ0n) is 16.6. The van der Waals surface area contributed by atoms with Gasteiger partial charge in [-0.3, -0.25) is 14.2 Å². The molecule has 3 aromatic carbocycles. The molecular weight excluding hydrogens is 421 g/mol. The molecule has 1 N–H and O–H groups in total. The number of Topliss-reactive ketones (excluding diaryl/α,β-unsaturated/α-hetero) is 1. The van der Waals surface area contributed by atoms with Crippen molar-refractivity contribution in [3.8, 4) is 11.4 Å². The van der Waals surface area contributed by atoms with Gasteiger partial charge in [0.2, 0.25) is 0 Å². The van der Waals surface area contributed by atoms with Gasteiger partial charge in [0.05, 0.1) is 11.0 Å². The van der Waals surface area contributed by atoms with Gasteiger partial charge in [-0.2, -0.15) is 13.2 Å². The van der Waals surface area contributed by atoms with Gasteiger partial charge in [-0.25, -0.2) is 0 Å². The average molecular weight is 436 g/mol. The van der Waals surface area contributed by atoms with Crippen molar-refractivity contribution < 1.29 is 23.1 Å². The highest BCUT2D eigenvalue weighted by Crippen LogP contribution is 2.37. The Morgan fingerprint density at radius 2 is 1.50 bits per heavy atom. The highest BCUT2D eigenvalue weighted by Gasteiger charge is 2.43. The van der Waals surface area contributed by atoms with E-state index >= 15 is 0 Å². The molecule has 8 heteroatoms. The number of halogens is 3. The molecule has 0 aliphatic rings. The predicted molar refractivity (Wildman–Crippen MR) is 116 cm³/mol. The van der Waals surface area contributed by atoms with Crippen LogP contribution in [0.3, 0.4) is 0 Å². The Morgan fingerprint density at radius 1 is 0.844 bits per heavy atom. The maximum Gasteiger partial charge on any atom is 0.455 e. The highest BCUT2D eigenvalue weighted by atomic mass is 19.4. The second-order valence-electron chi connectivity index (χ2n) is 7.49. The number of rotatable bonds is 2. The van der Waals surface area contributed by atoms with Gasteiger partial charge in [0, 0.05) is 34.4 Å². The average Bonchev–Trinajstić information content (AvgIpc) is 3.05. The summed E-state index contributed by atoms with van der Waals surface area (Å²) in [5.41, 5.74) is -0.475. The van der Waals surface area contributed by atoms with Crippen molar-refractivity contribution in [2.24, 2.45) is 7.05 Å². The first-order valence-electron chi connectivity index (χ1n) is 9.66. The number of aryl methyl sites for hydroxylation is 1. The zero-order valence-corrected chi connectivity index (χ0v) is 16.6. The number of carbonyl (C=O) groups excluding carboxylic acids is 1. The third-order valence-electron chi connectivity index (χ3n) is 5.68. The molecule has 2 aromatic heterocycles. The molecule has 0 bridgehead atoms. The lowest BCUT2D eigenvalue weighted by Crippen LogP contribution is -2.33. The number of ketones is 1. The Labute approximate surface area is 178 Å². The summed E-state index contributed by atoms with van der Waals surface area (Å²) in [6.07, 6.45) is -5.32. The number of carbonyl (C=O) groups is 1. The molecule has 0 saturated carbocycles. The number of aromatic nitrogens is 2. The molecule has 160 valence electrons. The zero-order chi connectivity index (χ0) is 22.8. The predicted octanol–water partition coefficient (Wildman–Crippen LogP) is 5.09. The fraction of sp³-hybridized carbons (Fsp3) is 0.0833. The molecule has 0 fully saturated rings. The fourth-order valence-corrected chi connectivity index (χ4v) is 4.21. The third kappa shape index (κ3) is 2.72. The largest absolute Gasteiger partial charge is 0.506 e. The van der Waals surface area contributed by atoms with Crippen molar-refractivity contribution >= 4 is 38.5 Å². The first-order valence-corrected chi connectivity index (χ1v) is 9.66. The Hall–Kier alpha value is -4.07. The molecular formula is C24H15F3N2O3. The van der Waals surface area contributed by atoms with E-state index in [9.17, 15) is 27.9 Å². The van der Waals surface area contributed by atoms with Gasteiger partial charge in [0.25, 0.3) is 11.3 Å². The van der Waals surface area contributed by atoms with E-state index in [-0.39, 0.29) is 16.6 Å². The number of hydrogen-bond acceptors (Lipinski definition) is 3. The lowest BCUT2D eigenvalue weighted by atomic mass is 10.0. The van der Waals surface area contributed by atoms with E-state index in [2.05, 4.69) is 0 Å². The summed E-state index contributed by atoms with van der Waals surface area (Å²) in [6.45, 7) is 0. The number of pyridine rings is 1. The van der Waals surface area contributed by atoms with E-state index in [1.807, 2.05) is 35.9 Å². The molecule has 0 aliphatic heterocycles. The van der Waals surface area contributed by atoms with E-state index in [1.54, 1.807) is 36.4 Å². The first kappa shape index (κ1) is 19.9. The van der Waals surface area contributed by atoms with Crippen LogP contribution < -0.4 is 5.56 Å². The van der Waals surface area contributed by atoms with Crippen LogP contribution in [0.1, 0.15) is 10.4 Å². The number of aromatic hydroxyl groups is 1. The molecule has 0 amide bonds. The summed E-state index contributed by atoms with van der Waals surface area (Å²) < 4.78 is 42.8. The minimum Gasteiger partial charge on any atom is -0.506 e. The van der Waals surface area contributed by atoms with E-state index in [0.29, 0.717) is 5.39 Å². The van der Waals surface area contributed by atoms with Gasteiger partial charge in [0.15, 0.2) is 0 Å². The SMILES string of the molecule is Cn1c2ccccc2c2cc3c(O)c(C(=O)C(F)(F)F)c(=O)n(-c4ccccc4)c3cc21. The van der Waals surface area contributed by atoms with Crippen LogP contribution in [-0.2, 0) is 7.05 Å². The van der Waals surface area contributed by atoms with Crippen LogP contribution in [0, 0.1) is 0 Å². The molecule has 0 radical (unpaired) electrons. The summed E-state index contributed by atoms with van der Waals surface area (Å²) >= 11 is 0. The normalized spacial score (nSPS) is 12.1. The van der Waals surface area contributed by atoms with Crippen LogP contribution in [0.4, 0.5) is 13.2 Å². The highest BCUT2D eigenvalue weighted by molar-refractivity contribution is 6.15. The first-order chi connectivity index (χ1) is 15.2. The number of nitrogens with zero attached hydrogens (tertiary/aromatic N) is 2. The minimum absolute atomic E-state index is 0.0232. The topological polar surface area (TPSA) is 64.2 Å². The summed E-state index contributed by atoms with van der Waals surface area (Å²) in [4.78, 5) is 25.3. The lowest BCUT2D eigenvalue weighted by molar-refractivity contribution is -0.0887. The Bertz CT molecular complexity index is 1610. The lowest BCUT2D eigenvalue weighted by Gasteiger charge is -2.16. The van der Waals surface area contributed by atoms with Gasteiger partial charge >= 0.3 is 6.18 Å². The third-order valence-corrected chi connectivity index (χ3v) is 5.68. The molecule has 2 heterocycles. The van der Waals surface area contributed by atoms with Crippen LogP contribution in [0.2, 0.25) is 0 Å². The Morgan fingerprint density at radius 3 is 2.19 bits per heavy atom. The van der Waals surface area contributed by atoms with Crippen molar-refractivity contribution in [3.05, 3.63) is 82.6 Å². The van der Waals surface area contributed by atoms with Gasteiger partial charge in [-0.1, -0.05) is 36.4 Å². The van der Waals surface area contributed by atoms with Crippen LogP contribution in [0.15, 0.2) is 71.5 Å². The molecule has 0 spiro atoms. The molecule has 5 aromatic rings. The summed E-state index contributed by atoms with van der Waals surface area (Å²) in [6, 6.07) is 18.6.